The molecule has 0 saturated carbocycles. The van der Waals surface area contributed by atoms with E-state index in [2.05, 4.69) is 21.0 Å². The fraction of sp³-hybridized carbons (Fsp3) is 0.500. The van der Waals surface area contributed by atoms with Crippen LogP contribution >= 0.6 is 15.9 Å². The van der Waals surface area contributed by atoms with E-state index >= 15 is 0 Å². The zero-order chi connectivity index (χ0) is 18.2. The molecule has 1 aromatic heterocycles. The van der Waals surface area contributed by atoms with E-state index in [1.165, 1.54) is 8.99 Å². The highest BCUT2D eigenvalue weighted by Gasteiger charge is 2.32. The predicted octanol–water partition coefficient (Wildman–Crippen LogP) is 1.93. The van der Waals surface area contributed by atoms with Gasteiger partial charge in [-0.15, -0.1) is 0 Å². The number of piperidine rings is 1. The van der Waals surface area contributed by atoms with Gasteiger partial charge in [-0.05, 0) is 44.0 Å². The fourth-order valence-electron chi connectivity index (χ4n) is 3.23. The van der Waals surface area contributed by atoms with Crippen molar-refractivity contribution in [3.05, 3.63) is 45.0 Å². The smallest absolute Gasteiger partial charge is 0.279 e. The highest BCUT2D eigenvalue weighted by Crippen LogP contribution is 2.29. The third-order valence-electron chi connectivity index (χ3n) is 4.62. The van der Waals surface area contributed by atoms with Gasteiger partial charge in [0.15, 0.2) is 0 Å². The van der Waals surface area contributed by atoms with E-state index in [0.717, 1.165) is 10.3 Å². The second kappa shape index (κ2) is 7.05. The first-order valence-corrected chi connectivity index (χ1v) is 10.5. The van der Waals surface area contributed by atoms with Crippen LogP contribution in [0.25, 0.3) is 0 Å². The molecule has 2 heterocycles. The van der Waals surface area contributed by atoms with Crippen molar-refractivity contribution in [1.82, 2.24) is 18.7 Å². The number of aryl methyl sites for hydroxylation is 1. The van der Waals surface area contributed by atoms with Crippen molar-refractivity contribution < 1.29 is 8.42 Å². The van der Waals surface area contributed by atoms with Gasteiger partial charge in [0.05, 0.1) is 4.90 Å². The molecule has 136 valence electrons. The summed E-state index contributed by atoms with van der Waals surface area (Å²) in [5.74, 6) is 0.862. The number of hydrogen-bond acceptors (Lipinski definition) is 4. The summed E-state index contributed by atoms with van der Waals surface area (Å²) >= 11 is 3.32. The Bertz CT molecular complexity index is 910. The third kappa shape index (κ3) is 3.45. The zero-order valence-corrected chi connectivity index (χ0v) is 16.6. The summed E-state index contributed by atoms with van der Waals surface area (Å²) < 4.78 is 30.9. The van der Waals surface area contributed by atoms with Gasteiger partial charge in [-0.1, -0.05) is 15.9 Å². The van der Waals surface area contributed by atoms with Crippen LogP contribution in [0, 0.1) is 0 Å². The zero-order valence-electron chi connectivity index (χ0n) is 14.2. The minimum absolute atomic E-state index is 0.102. The van der Waals surface area contributed by atoms with E-state index < -0.39 is 10.0 Å². The van der Waals surface area contributed by atoms with Gasteiger partial charge in [0.25, 0.3) is 0 Å². The van der Waals surface area contributed by atoms with Crippen LogP contribution in [0.2, 0.25) is 0 Å². The van der Waals surface area contributed by atoms with Crippen LogP contribution in [-0.2, 0) is 23.6 Å². The average Bonchev–Trinajstić information content (AvgIpc) is 2.90. The Labute approximate surface area is 155 Å². The Morgan fingerprint density at radius 1 is 1.20 bits per heavy atom. The number of aromatic nitrogens is 3. The number of hydrogen-bond donors (Lipinski definition) is 0. The molecule has 0 unspecified atom stereocenters. The highest BCUT2D eigenvalue weighted by molar-refractivity contribution is 9.10. The van der Waals surface area contributed by atoms with Crippen LogP contribution in [0.15, 0.2) is 38.4 Å². The number of nitrogens with zero attached hydrogens (tertiary/aromatic N) is 4. The summed E-state index contributed by atoms with van der Waals surface area (Å²) in [7, 11) is -1.84. The molecule has 1 fully saturated rings. The Hall–Kier alpha value is -1.45. The van der Waals surface area contributed by atoms with E-state index in [9.17, 15) is 13.2 Å². The number of halogens is 1. The molecular weight excluding hydrogens is 408 g/mol. The molecule has 1 aliphatic rings. The van der Waals surface area contributed by atoms with Crippen molar-refractivity contribution in [2.45, 2.75) is 37.1 Å². The van der Waals surface area contributed by atoms with E-state index in [0.29, 0.717) is 37.4 Å². The number of sulfonamides is 1. The summed E-state index contributed by atoms with van der Waals surface area (Å²) in [4.78, 5) is 12.4. The Balaban J connectivity index is 1.77. The molecule has 0 atom stereocenters. The summed E-state index contributed by atoms with van der Waals surface area (Å²) in [6.07, 6.45) is 1.32. The van der Waals surface area contributed by atoms with Crippen LogP contribution in [-0.4, -0.2) is 40.2 Å². The maximum absolute atomic E-state index is 12.8. The maximum Gasteiger partial charge on any atom is 0.345 e. The van der Waals surface area contributed by atoms with Crippen molar-refractivity contribution in [3.8, 4) is 0 Å². The van der Waals surface area contributed by atoms with E-state index in [4.69, 9.17) is 0 Å². The normalized spacial score (nSPS) is 17.1. The minimum atomic E-state index is -3.48. The van der Waals surface area contributed by atoms with Crippen LogP contribution in [0.3, 0.4) is 0 Å². The van der Waals surface area contributed by atoms with Crippen LogP contribution < -0.4 is 5.69 Å². The van der Waals surface area contributed by atoms with Gasteiger partial charge in [-0.25, -0.2) is 17.9 Å². The SMILES string of the molecule is CCn1c(C2CCN(S(=O)(=O)c3ccc(Br)cc3)CC2)nn(C)c1=O. The lowest BCUT2D eigenvalue weighted by atomic mass is 9.97. The lowest BCUT2D eigenvalue weighted by Gasteiger charge is -2.30. The van der Waals surface area contributed by atoms with Gasteiger partial charge in [0.2, 0.25) is 10.0 Å². The van der Waals surface area contributed by atoms with Gasteiger partial charge in [0.1, 0.15) is 5.82 Å². The molecule has 0 aliphatic carbocycles. The van der Waals surface area contributed by atoms with Crippen LogP contribution in [0.5, 0.6) is 0 Å². The lowest BCUT2D eigenvalue weighted by molar-refractivity contribution is 0.309. The first-order chi connectivity index (χ1) is 11.8. The van der Waals surface area contributed by atoms with Crippen molar-refractivity contribution in [3.63, 3.8) is 0 Å². The highest BCUT2D eigenvalue weighted by atomic mass is 79.9. The first kappa shape index (κ1) is 18.3. The third-order valence-corrected chi connectivity index (χ3v) is 7.06. The van der Waals surface area contributed by atoms with E-state index in [-0.39, 0.29) is 11.6 Å². The second-order valence-corrected chi connectivity index (χ2v) is 8.99. The molecule has 1 saturated heterocycles. The molecule has 0 spiro atoms. The minimum Gasteiger partial charge on any atom is -0.279 e. The van der Waals surface area contributed by atoms with Crippen molar-refractivity contribution in [2.75, 3.05) is 13.1 Å². The topological polar surface area (TPSA) is 77.2 Å². The van der Waals surface area contributed by atoms with Gasteiger partial charge in [-0.3, -0.25) is 4.57 Å². The van der Waals surface area contributed by atoms with Gasteiger partial charge >= 0.3 is 5.69 Å². The molecule has 1 aliphatic heterocycles. The van der Waals surface area contributed by atoms with E-state index in [1.54, 1.807) is 35.9 Å². The van der Waals surface area contributed by atoms with Gasteiger partial charge < -0.3 is 0 Å². The van der Waals surface area contributed by atoms with Gasteiger partial charge in [0, 0.05) is 37.1 Å². The lowest BCUT2D eigenvalue weighted by Crippen LogP contribution is -2.38. The Morgan fingerprint density at radius 3 is 2.36 bits per heavy atom. The van der Waals surface area contributed by atoms with Crippen molar-refractivity contribution >= 4 is 26.0 Å². The second-order valence-electron chi connectivity index (χ2n) is 6.14. The average molecular weight is 429 g/mol. The predicted molar refractivity (Wildman–Crippen MR) is 98.0 cm³/mol. The molecule has 7 nitrogen and oxygen atoms in total. The maximum atomic E-state index is 12.8. The van der Waals surface area contributed by atoms with Gasteiger partial charge in [-0.2, -0.15) is 9.40 Å². The van der Waals surface area contributed by atoms with Crippen molar-refractivity contribution in [1.29, 1.82) is 0 Å². The summed E-state index contributed by atoms with van der Waals surface area (Å²) in [5.41, 5.74) is -0.123. The van der Waals surface area contributed by atoms with Crippen LogP contribution in [0.1, 0.15) is 31.5 Å². The fourth-order valence-corrected chi connectivity index (χ4v) is 4.97. The quantitative estimate of drug-likeness (QED) is 0.745. The number of rotatable bonds is 4. The summed E-state index contributed by atoms with van der Waals surface area (Å²) in [5, 5.41) is 4.35. The molecular formula is C16H21BrN4O3S. The van der Waals surface area contributed by atoms with Crippen molar-refractivity contribution in [2.24, 2.45) is 7.05 Å². The Kier molecular flexibility index (Phi) is 5.17. The monoisotopic (exact) mass is 428 g/mol. The van der Waals surface area contributed by atoms with E-state index in [1.807, 2.05) is 6.92 Å². The largest absolute Gasteiger partial charge is 0.345 e. The Morgan fingerprint density at radius 2 is 1.80 bits per heavy atom. The summed E-state index contributed by atoms with van der Waals surface area (Å²) in [6, 6.07) is 6.68. The number of benzene rings is 1. The molecule has 1 aromatic carbocycles. The molecule has 25 heavy (non-hydrogen) atoms. The molecule has 0 N–H and O–H groups in total. The standard InChI is InChI=1S/C16H21BrN4O3S/c1-3-21-15(18-19(2)16(21)22)12-8-10-20(11-9-12)25(23,24)14-6-4-13(17)5-7-14/h4-7,12H,3,8-11H2,1-2H3. The molecule has 2 aromatic rings. The molecule has 0 radical (unpaired) electrons. The van der Waals surface area contributed by atoms with Crippen LogP contribution in [0.4, 0.5) is 0 Å². The molecule has 0 bridgehead atoms. The molecule has 9 heteroatoms. The molecule has 3 rings (SSSR count). The summed E-state index contributed by atoms with van der Waals surface area (Å²) in [6.45, 7) is 3.34. The molecule has 0 amide bonds. The first-order valence-electron chi connectivity index (χ1n) is 8.24.